The minimum absolute atomic E-state index is 0.0953. The number of aromatic hydroxyl groups is 1. The molecular weight excluding hydrogens is 312 g/mol. The SMILES string of the molecule is Cc1ccc(-n2c(O)c(C=NCCN(C)C)c(=O)[nH]c2=S)cc1. The van der Waals surface area contributed by atoms with Crippen LogP contribution in [0.15, 0.2) is 34.1 Å². The van der Waals surface area contributed by atoms with Crippen LogP contribution in [0.3, 0.4) is 0 Å². The van der Waals surface area contributed by atoms with Gasteiger partial charge in [0.2, 0.25) is 5.88 Å². The van der Waals surface area contributed by atoms with Crippen molar-refractivity contribution in [1.29, 1.82) is 0 Å². The van der Waals surface area contributed by atoms with Crippen molar-refractivity contribution in [3.05, 3.63) is 50.5 Å². The third-order valence-corrected chi connectivity index (χ3v) is 3.59. The molecule has 122 valence electrons. The van der Waals surface area contributed by atoms with Crippen molar-refractivity contribution in [2.45, 2.75) is 6.92 Å². The Bertz CT molecular complexity index is 819. The zero-order valence-electron chi connectivity index (χ0n) is 13.4. The second kappa shape index (κ2) is 7.34. The second-order valence-corrected chi connectivity index (χ2v) is 5.89. The molecule has 2 N–H and O–H groups in total. The Hall–Kier alpha value is -2.25. The van der Waals surface area contributed by atoms with Gasteiger partial charge in [0.15, 0.2) is 4.77 Å². The Morgan fingerprint density at radius 1 is 1.35 bits per heavy atom. The Kier molecular flexibility index (Phi) is 5.46. The monoisotopic (exact) mass is 332 g/mol. The van der Waals surface area contributed by atoms with E-state index in [1.165, 1.54) is 10.8 Å². The predicted octanol–water partition coefficient (Wildman–Crippen LogP) is 1.89. The molecule has 0 aliphatic heterocycles. The topological polar surface area (TPSA) is 73.6 Å². The van der Waals surface area contributed by atoms with E-state index in [0.29, 0.717) is 12.2 Å². The molecule has 0 aliphatic carbocycles. The van der Waals surface area contributed by atoms with Gasteiger partial charge >= 0.3 is 0 Å². The van der Waals surface area contributed by atoms with Crippen molar-refractivity contribution in [2.75, 3.05) is 27.2 Å². The number of likely N-dealkylation sites (N-methyl/N-ethyl adjacent to an activating group) is 1. The Labute approximate surface area is 139 Å². The molecule has 0 amide bonds. The van der Waals surface area contributed by atoms with E-state index in [2.05, 4.69) is 9.98 Å². The second-order valence-electron chi connectivity index (χ2n) is 5.51. The Morgan fingerprint density at radius 3 is 2.61 bits per heavy atom. The number of aromatic amines is 1. The third kappa shape index (κ3) is 4.14. The molecule has 0 atom stereocenters. The fourth-order valence-electron chi connectivity index (χ4n) is 2.00. The summed E-state index contributed by atoms with van der Waals surface area (Å²) < 4.78 is 1.56. The number of aryl methyl sites for hydroxylation is 1. The van der Waals surface area contributed by atoms with Crippen LogP contribution in [0.4, 0.5) is 0 Å². The molecule has 6 nitrogen and oxygen atoms in total. The van der Waals surface area contributed by atoms with E-state index in [0.717, 1.165) is 12.1 Å². The van der Waals surface area contributed by atoms with E-state index >= 15 is 0 Å². The summed E-state index contributed by atoms with van der Waals surface area (Å²) in [6, 6.07) is 7.48. The number of nitrogens with one attached hydrogen (secondary N) is 1. The number of aliphatic imine (C=N–C) groups is 1. The van der Waals surface area contributed by atoms with Crippen LogP contribution in [0, 0.1) is 11.7 Å². The van der Waals surface area contributed by atoms with Gasteiger partial charge in [0.05, 0.1) is 12.2 Å². The van der Waals surface area contributed by atoms with Crippen molar-refractivity contribution in [1.82, 2.24) is 14.5 Å². The van der Waals surface area contributed by atoms with Gasteiger partial charge in [0.1, 0.15) is 5.56 Å². The van der Waals surface area contributed by atoms with Crippen LogP contribution >= 0.6 is 12.2 Å². The molecule has 1 aromatic carbocycles. The highest BCUT2D eigenvalue weighted by Crippen LogP contribution is 2.18. The summed E-state index contributed by atoms with van der Waals surface area (Å²) in [6.07, 6.45) is 1.39. The van der Waals surface area contributed by atoms with Crippen LogP contribution in [-0.4, -0.2) is 53.0 Å². The summed E-state index contributed by atoms with van der Waals surface area (Å²) in [4.78, 5) is 20.8. The largest absolute Gasteiger partial charge is 0.494 e. The lowest BCUT2D eigenvalue weighted by Gasteiger charge is -2.11. The number of benzene rings is 1. The van der Waals surface area contributed by atoms with E-state index in [-0.39, 0.29) is 16.2 Å². The lowest BCUT2D eigenvalue weighted by atomic mass is 10.2. The van der Waals surface area contributed by atoms with Crippen LogP contribution in [0.1, 0.15) is 11.1 Å². The molecule has 23 heavy (non-hydrogen) atoms. The number of hydrogen-bond donors (Lipinski definition) is 2. The molecule has 0 saturated heterocycles. The summed E-state index contributed by atoms with van der Waals surface area (Å²) in [5, 5.41) is 10.5. The van der Waals surface area contributed by atoms with Crippen molar-refractivity contribution in [3.63, 3.8) is 0 Å². The fourth-order valence-corrected chi connectivity index (χ4v) is 2.29. The van der Waals surface area contributed by atoms with Gasteiger partial charge in [-0.3, -0.25) is 19.3 Å². The summed E-state index contributed by atoms with van der Waals surface area (Å²) in [5.74, 6) is -0.212. The van der Waals surface area contributed by atoms with Crippen LogP contribution in [0.25, 0.3) is 5.69 Å². The van der Waals surface area contributed by atoms with Crippen molar-refractivity contribution >= 4 is 18.4 Å². The normalized spacial score (nSPS) is 11.5. The standard InChI is InChI=1S/C16H20N4O2S/c1-11-4-6-12(7-5-11)20-15(22)13(14(21)18-16(20)23)10-17-8-9-19(2)3/h4-7,10,22H,8-9H2,1-3H3,(H,18,21,23). The van der Waals surface area contributed by atoms with Crippen LogP contribution in [0.5, 0.6) is 5.88 Å². The first-order valence-electron chi connectivity index (χ1n) is 7.20. The highest BCUT2D eigenvalue weighted by atomic mass is 32.1. The van der Waals surface area contributed by atoms with Crippen LogP contribution in [0.2, 0.25) is 0 Å². The first-order valence-corrected chi connectivity index (χ1v) is 7.61. The summed E-state index contributed by atoms with van der Waals surface area (Å²) >= 11 is 5.17. The summed E-state index contributed by atoms with van der Waals surface area (Å²) in [5.41, 5.74) is 1.41. The molecule has 2 aromatic rings. The highest BCUT2D eigenvalue weighted by molar-refractivity contribution is 7.71. The number of hydrogen-bond acceptors (Lipinski definition) is 5. The average molecular weight is 332 g/mol. The van der Waals surface area contributed by atoms with Crippen LogP contribution in [-0.2, 0) is 0 Å². The minimum atomic E-state index is -0.454. The molecule has 1 heterocycles. The zero-order valence-corrected chi connectivity index (χ0v) is 14.2. The molecular formula is C16H20N4O2S. The first kappa shape index (κ1) is 17.1. The van der Waals surface area contributed by atoms with Gasteiger partial charge in [-0.25, -0.2) is 0 Å². The molecule has 0 aliphatic rings. The lowest BCUT2D eigenvalue weighted by Crippen LogP contribution is -2.19. The first-order chi connectivity index (χ1) is 10.9. The molecule has 0 bridgehead atoms. The molecule has 7 heteroatoms. The van der Waals surface area contributed by atoms with Crippen molar-refractivity contribution in [2.24, 2.45) is 4.99 Å². The van der Waals surface area contributed by atoms with E-state index in [4.69, 9.17) is 12.2 Å². The maximum atomic E-state index is 12.0. The Balaban J connectivity index is 2.45. The molecule has 0 fully saturated rings. The average Bonchev–Trinajstić information content (AvgIpc) is 2.47. The maximum Gasteiger partial charge on any atom is 0.264 e. The molecule has 0 spiro atoms. The molecule has 2 rings (SSSR count). The van der Waals surface area contributed by atoms with Gasteiger partial charge in [-0.15, -0.1) is 0 Å². The molecule has 0 unspecified atom stereocenters. The minimum Gasteiger partial charge on any atom is -0.494 e. The van der Waals surface area contributed by atoms with E-state index in [1.54, 1.807) is 0 Å². The van der Waals surface area contributed by atoms with E-state index < -0.39 is 5.56 Å². The fraction of sp³-hybridized carbons (Fsp3) is 0.312. The van der Waals surface area contributed by atoms with Gasteiger partial charge in [-0.2, -0.15) is 0 Å². The molecule has 0 saturated carbocycles. The predicted molar refractivity (Wildman–Crippen MR) is 94.6 cm³/mol. The maximum absolute atomic E-state index is 12.0. The van der Waals surface area contributed by atoms with Crippen molar-refractivity contribution < 1.29 is 5.11 Å². The smallest absolute Gasteiger partial charge is 0.264 e. The quantitative estimate of drug-likeness (QED) is 0.648. The van der Waals surface area contributed by atoms with Crippen LogP contribution < -0.4 is 5.56 Å². The van der Waals surface area contributed by atoms with Gasteiger partial charge in [-0.1, -0.05) is 17.7 Å². The highest BCUT2D eigenvalue weighted by Gasteiger charge is 2.12. The summed E-state index contributed by atoms with van der Waals surface area (Å²) in [7, 11) is 3.88. The number of rotatable bonds is 5. The van der Waals surface area contributed by atoms with Gasteiger partial charge in [0.25, 0.3) is 5.56 Å². The van der Waals surface area contributed by atoms with Gasteiger partial charge in [0, 0.05) is 12.8 Å². The Morgan fingerprint density at radius 2 is 2.00 bits per heavy atom. The lowest BCUT2D eigenvalue weighted by molar-refractivity contribution is 0.420. The summed E-state index contributed by atoms with van der Waals surface area (Å²) in [6.45, 7) is 3.26. The number of nitrogens with zero attached hydrogens (tertiary/aromatic N) is 3. The molecule has 1 aromatic heterocycles. The third-order valence-electron chi connectivity index (χ3n) is 3.31. The van der Waals surface area contributed by atoms with E-state index in [1.807, 2.05) is 50.2 Å². The number of H-pyrrole nitrogens is 1. The number of aromatic nitrogens is 2. The van der Waals surface area contributed by atoms with Gasteiger partial charge < -0.3 is 10.0 Å². The van der Waals surface area contributed by atoms with E-state index in [9.17, 15) is 9.90 Å². The van der Waals surface area contributed by atoms with Gasteiger partial charge in [-0.05, 0) is 45.4 Å². The zero-order chi connectivity index (χ0) is 17.0. The molecule has 0 radical (unpaired) electrons. The van der Waals surface area contributed by atoms with Crippen molar-refractivity contribution in [3.8, 4) is 11.6 Å².